The molecule has 3 aromatic carbocycles. The Kier molecular flexibility index (Phi) is 7.72. The van der Waals surface area contributed by atoms with Crippen molar-refractivity contribution in [3.05, 3.63) is 142 Å². The quantitative estimate of drug-likeness (QED) is 0.200. The fraction of sp³-hybridized carbons (Fsp3) is 0.275. The molecule has 0 N–H and O–H groups in total. The van der Waals surface area contributed by atoms with Gasteiger partial charge in [0.25, 0.3) is 0 Å². The molecule has 0 bridgehead atoms. The Bertz CT molecular complexity index is 1970. The van der Waals surface area contributed by atoms with Gasteiger partial charge in [0.05, 0.1) is 11.1 Å². The maximum absolute atomic E-state index is 4.75. The van der Waals surface area contributed by atoms with Crippen LogP contribution in [0, 0.1) is 0 Å². The summed E-state index contributed by atoms with van der Waals surface area (Å²) in [6.07, 6.45) is 14.3. The Morgan fingerprint density at radius 2 is 1.52 bits per heavy atom. The van der Waals surface area contributed by atoms with Crippen molar-refractivity contribution in [3.8, 4) is 5.69 Å². The molecular weight excluding hydrogens is 583 g/mol. The lowest BCUT2D eigenvalue weighted by molar-refractivity contribution is -0.401. The van der Waals surface area contributed by atoms with Gasteiger partial charge in [-0.2, -0.15) is 9.67 Å². The van der Waals surface area contributed by atoms with Gasteiger partial charge in [0, 0.05) is 46.5 Å². The second-order valence-corrected chi connectivity index (χ2v) is 14.4. The Hall–Kier alpha value is -4.42. The van der Waals surface area contributed by atoms with Gasteiger partial charge < -0.3 is 4.90 Å². The lowest BCUT2D eigenvalue weighted by atomic mass is 9.81. The second-order valence-electron chi connectivity index (χ2n) is 13.5. The molecule has 46 heavy (non-hydrogen) atoms. The summed E-state index contributed by atoms with van der Waals surface area (Å²) in [5, 5.41) is 5.49. The molecule has 0 radical (unpaired) electrons. The van der Waals surface area contributed by atoms with E-state index in [0.29, 0.717) is 0 Å². The molecule has 2 aliphatic heterocycles. The number of allylic oxidation sites excluding steroid dienone is 7. The van der Waals surface area contributed by atoms with Crippen LogP contribution in [0.2, 0.25) is 0 Å². The first kappa shape index (κ1) is 30.2. The van der Waals surface area contributed by atoms with Crippen molar-refractivity contribution in [2.75, 3.05) is 19.0 Å². The SMILES string of the molecule is CN1C(=CC=C2CCCC(C=CC3=[N+](C)c4ccccc4C3(C)C)=C2Sc2ncnn2-c2ccccc2)C(C)(C)c2ccccc21. The van der Waals surface area contributed by atoms with E-state index in [1.165, 1.54) is 50.0 Å². The third-order valence-electron chi connectivity index (χ3n) is 9.95. The average Bonchev–Trinajstić information content (AvgIpc) is 3.66. The highest BCUT2D eigenvalue weighted by molar-refractivity contribution is 8.03. The van der Waals surface area contributed by atoms with E-state index >= 15 is 0 Å². The van der Waals surface area contributed by atoms with Gasteiger partial charge in [-0.1, -0.05) is 80.6 Å². The number of rotatable bonds is 6. The molecule has 0 amide bonds. The number of aromatic nitrogens is 3. The topological polar surface area (TPSA) is 37.0 Å². The molecule has 1 aliphatic carbocycles. The molecule has 4 aromatic rings. The summed E-state index contributed by atoms with van der Waals surface area (Å²) in [6, 6.07) is 27.8. The number of para-hydroxylation sites is 3. The first-order chi connectivity index (χ1) is 22.2. The summed E-state index contributed by atoms with van der Waals surface area (Å²) >= 11 is 1.73. The van der Waals surface area contributed by atoms with Crippen LogP contribution in [0.25, 0.3) is 5.69 Å². The van der Waals surface area contributed by atoms with Crippen molar-refractivity contribution in [2.24, 2.45) is 0 Å². The highest BCUT2D eigenvalue weighted by Crippen LogP contribution is 2.48. The lowest BCUT2D eigenvalue weighted by Crippen LogP contribution is -2.26. The number of thioether (sulfide) groups is 1. The van der Waals surface area contributed by atoms with Crippen LogP contribution in [0.5, 0.6) is 0 Å². The summed E-state index contributed by atoms with van der Waals surface area (Å²) in [5.74, 6) is 0. The minimum Gasteiger partial charge on any atom is -0.347 e. The molecule has 6 heteroatoms. The molecule has 232 valence electrons. The second kappa shape index (κ2) is 11.7. The molecule has 7 rings (SSSR count). The maximum atomic E-state index is 4.75. The van der Waals surface area contributed by atoms with E-state index in [-0.39, 0.29) is 10.8 Å². The van der Waals surface area contributed by atoms with Crippen LogP contribution in [0.15, 0.2) is 136 Å². The van der Waals surface area contributed by atoms with E-state index in [1.807, 2.05) is 22.9 Å². The van der Waals surface area contributed by atoms with Crippen LogP contribution in [-0.4, -0.2) is 39.1 Å². The van der Waals surface area contributed by atoms with Gasteiger partial charge in [-0.3, -0.25) is 0 Å². The van der Waals surface area contributed by atoms with Crippen molar-refractivity contribution in [1.82, 2.24) is 14.8 Å². The van der Waals surface area contributed by atoms with Crippen molar-refractivity contribution >= 4 is 28.8 Å². The summed E-state index contributed by atoms with van der Waals surface area (Å²) in [5.41, 5.74) is 11.5. The van der Waals surface area contributed by atoms with Crippen molar-refractivity contribution in [1.29, 1.82) is 0 Å². The van der Waals surface area contributed by atoms with E-state index in [9.17, 15) is 0 Å². The summed E-state index contributed by atoms with van der Waals surface area (Å²) in [7, 11) is 4.38. The average molecular weight is 625 g/mol. The Morgan fingerprint density at radius 3 is 2.28 bits per heavy atom. The highest BCUT2D eigenvalue weighted by Gasteiger charge is 2.42. The minimum atomic E-state index is -0.0748. The molecular formula is C40H42N5S+. The summed E-state index contributed by atoms with van der Waals surface area (Å²) in [6.45, 7) is 9.32. The standard InChI is InChI=1S/C40H42N5S/c1-39(2)31-19-10-12-21-33(31)43(5)35(39)25-23-28-15-14-16-29(24-26-36-40(3,4)32-20-11-13-22-34(32)44(36)6)37(28)46-38-41-27-42-45(38)30-17-8-7-9-18-30/h7-13,17-27H,14-16H2,1-6H3/q+1. The number of hydrogen-bond acceptors (Lipinski definition) is 4. The predicted octanol–water partition coefficient (Wildman–Crippen LogP) is 9.30. The van der Waals surface area contributed by atoms with Crippen molar-refractivity contribution < 1.29 is 4.58 Å². The minimum absolute atomic E-state index is 0.0748. The molecule has 3 heterocycles. The molecule has 0 spiro atoms. The Labute approximate surface area is 277 Å². The van der Waals surface area contributed by atoms with E-state index in [1.54, 1.807) is 18.1 Å². The predicted molar refractivity (Wildman–Crippen MR) is 192 cm³/mol. The van der Waals surface area contributed by atoms with Crippen LogP contribution >= 0.6 is 11.8 Å². The molecule has 0 atom stereocenters. The van der Waals surface area contributed by atoms with Crippen LogP contribution in [-0.2, 0) is 10.8 Å². The maximum Gasteiger partial charge on any atom is 0.209 e. The van der Waals surface area contributed by atoms with E-state index in [0.717, 1.165) is 30.1 Å². The van der Waals surface area contributed by atoms with Crippen LogP contribution in [0.3, 0.4) is 0 Å². The molecule has 0 fully saturated rings. The van der Waals surface area contributed by atoms with Gasteiger partial charge in [-0.25, -0.2) is 9.67 Å². The third kappa shape index (κ3) is 5.09. The van der Waals surface area contributed by atoms with Crippen molar-refractivity contribution in [2.45, 2.75) is 62.9 Å². The molecule has 1 aromatic heterocycles. The molecule has 0 saturated carbocycles. The van der Waals surface area contributed by atoms with Crippen molar-refractivity contribution in [3.63, 3.8) is 0 Å². The van der Waals surface area contributed by atoms with Crippen LogP contribution < -0.4 is 4.90 Å². The summed E-state index contributed by atoms with van der Waals surface area (Å²) in [4.78, 5) is 8.37. The van der Waals surface area contributed by atoms with Gasteiger partial charge in [0.1, 0.15) is 13.4 Å². The third-order valence-corrected chi connectivity index (χ3v) is 11.1. The monoisotopic (exact) mass is 624 g/mol. The molecule has 3 aliphatic rings. The van der Waals surface area contributed by atoms with Crippen LogP contribution in [0.1, 0.15) is 58.1 Å². The van der Waals surface area contributed by atoms with Gasteiger partial charge in [-0.05, 0) is 85.9 Å². The fourth-order valence-corrected chi connectivity index (χ4v) is 8.58. The van der Waals surface area contributed by atoms with E-state index < -0.39 is 0 Å². The largest absolute Gasteiger partial charge is 0.347 e. The van der Waals surface area contributed by atoms with Gasteiger partial charge in [0.15, 0.2) is 10.9 Å². The number of benzene rings is 3. The molecule has 0 unspecified atom stereocenters. The zero-order valence-corrected chi connectivity index (χ0v) is 28.5. The van der Waals surface area contributed by atoms with E-state index in [2.05, 4.69) is 141 Å². The van der Waals surface area contributed by atoms with Gasteiger partial charge >= 0.3 is 0 Å². The Balaban J connectivity index is 1.32. The lowest BCUT2D eigenvalue weighted by Gasteiger charge is -2.25. The zero-order chi connectivity index (χ0) is 32.1. The molecule has 5 nitrogen and oxygen atoms in total. The normalized spacial score (nSPS) is 20.3. The number of fused-ring (bicyclic) bond motifs is 2. The van der Waals surface area contributed by atoms with Gasteiger partial charge in [-0.15, -0.1) is 0 Å². The van der Waals surface area contributed by atoms with E-state index in [4.69, 9.17) is 4.98 Å². The number of likely N-dealkylation sites (N-methyl/N-ethyl adjacent to an activating group) is 1. The number of hydrogen-bond donors (Lipinski definition) is 0. The smallest absolute Gasteiger partial charge is 0.209 e. The Morgan fingerprint density at radius 1 is 0.804 bits per heavy atom. The first-order valence-electron chi connectivity index (χ1n) is 16.2. The van der Waals surface area contributed by atoms with Gasteiger partial charge in [0.2, 0.25) is 5.69 Å². The summed E-state index contributed by atoms with van der Waals surface area (Å²) < 4.78 is 4.30. The molecule has 0 saturated heterocycles. The highest BCUT2D eigenvalue weighted by atomic mass is 32.2. The fourth-order valence-electron chi connectivity index (χ4n) is 7.45. The number of nitrogens with zero attached hydrogens (tertiary/aromatic N) is 5. The number of anilines is 1. The zero-order valence-electron chi connectivity index (χ0n) is 27.7. The van der Waals surface area contributed by atoms with Crippen LogP contribution in [0.4, 0.5) is 11.4 Å². The first-order valence-corrected chi connectivity index (χ1v) is 17.0.